The molecule has 0 radical (unpaired) electrons. The molecule has 5 heteroatoms. The summed E-state index contributed by atoms with van der Waals surface area (Å²) in [4.78, 5) is 23.6. The summed E-state index contributed by atoms with van der Waals surface area (Å²) in [6.07, 6.45) is 4.05. The number of imide groups is 1. The summed E-state index contributed by atoms with van der Waals surface area (Å²) < 4.78 is 0. The maximum atomic E-state index is 11.8. The van der Waals surface area contributed by atoms with E-state index < -0.39 is 0 Å². The monoisotopic (exact) mass is 420 g/mol. The van der Waals surface area contributed by atoms with Crippen molar-refractivity contribution < 1.29 is 9.59 Å². The van der Waals surface area contributed by atoms with Gasteiger partial charge in [-0.15, -0.1) is 0 Å². The van der Waals surface area contributed by atoms with Crippen molar-refractivity contribution in [2.24, 2.45) is 0 Å². The smallest absolute Gasteiger partial charge is 0.290 e. The van der Waals surface area contributed by atoms with E-state index in [0.717, 1.165) is 34.9 Å². The van der Waals surface area contributed by atoms with Gasteiger partial charge in [0.05, 0.1) is 4.91 Å². The fourth-order valence-electron chi connectivity index (χ4n) is 4.50. The number of amides is 2. The minimum absolute atomic E-state index is 0.131. The minimum Gasteiger partial charge on any atom is -0.398 e. The van der Waals surface area contributed by atoms with Crippen molar-refractivity contribution in [2.75, 3.05) is 5.73 Å². The van der Waals surface area contributed by atoms with Crippen LogP contribution in [0.1, 0.15) is 62.8 Å². The van der Waals surface area contributed by atoms with Crippen LogP contribution in [0.5, 0.6) is 0 Å². The molecule has 0 saturated carbocycles. The zero-order valence-electron chi connectivity index (χ0n) is 18.2. The van der Waals surface area contributed by atoms with Crippen LogP contribution in [0, 0.1) is 6.92 Å². The highest BCUT2D eigenvalue weighted by molar-refractivity contribution is 8.18. The minimum atomic E-state index is -0.358. The van der Waals surface area contributed by atoms with Crippen LogP contribution < -0.4 is 11.1 Å². The molecule has 156 valence electrons. The normalized spacial score (nSPS) is 20.9. The number of rotatable bonds is 2. The molecule has 0 spiro atoms. The second-order valence-corrected chi connectivity index (χ2v) is 10.7. The van der Waals surface area contributed by atoms with Gasteiger partial charge in [-0.1, -0.05) is 45.9 Å². The molecule has 4 rings (SSSR count). The molecule has 2 aromatic rings. The van der Waals surface area contributed by atoms with Crippen LogP contribution in [0.2, 0.25) is 0 Å². The second kappa shape index (κ2) is 7.02. The molecule has 1 aliphatic heterocycles. The van der Waals surface area contributed by atoms with Gasteiger partial charge in [-0.25, -0.2) is 0 Å². The number of hydrogen-bond acceptors (Lipinski definition) is 4. The number of hydrogen-bond donors (Lipinski definition) is 2. The molecule has 2 aromatic carbocycles. The zero-order valence-corrected chi connectivity index (χ0v) is 19.0. The van der Waals surface area contributed by atoms with Gasteiger partial charge in [-0.3, -0.25) is 14.9 Å². The van der Waals surface area contributed by atoms with Gasteiger partial charge < -0.3 is 5.73 Å². The number of nitrogens with one attached hydrogen (secondary N) is 1. The van der Waals surface area contributed by atoms with Crippen LogP contribution in [-0.4, -0.2) is 11.1 Å². The summed E-state index contributed by atoms with van der Waals surface area (Å²) in [5.41, 5.74) is 14.4. The van der Waals surface area contributed by atoms with Gasteiger partial charge >= 0.3 is 0 Å². The van der Waals surface area contributed by atoms with Crippen LogP contribution in [0.15, 0.2) is 35.2 Å². The molecule has 1 heterocycles. The third-order valence-electron chi connectivity index (χ3n) is 6.50. The molecule has 30 heavy (non-hydrogen) atoms. The van der Waals surface area contributed by atoms with Crippen molar-refractivity contribution in [3.63, 3.8) is 0 Å². The number of benzene rings is 2. The number of aryl methyl sites for hydroxylation is 1. The van der Waals surface area contributed by atoms with E-state index in [9.17, 15) is 9.59 Å². The van der Waals surface area contributed by atoms with Crippen LogP contribution in [-0.2, 0) is 15.6 Å². The first-order chi connectivity index (χ1) is 14.0. The third-order valence-corrected chi connectivity index (χ3v) is 7.31. The van der Waals surface area contributed by atoms with Gasteiger partial charge in [-0.2, -0.15) is 0 Å². The van der Waals surface area contributed by atoms with E-state index in [2.05, 4.69) is 52.1 Å². The van der Waals surface area contributed by atoms with Crippen LogP contribution >= 0.6 is 11.8 Å². The quantitative estimate of drug-likeness (QED) is 0.467. The Bertz CT molecular complexity index is 1110. The molecule has 4 nitrogen and oxygen atoms in total. The molecule has 0 bridgehead atoms. The summed E-state index contributed by atoms with van der Waals surface area (Å²) in [6.45, 7) is 11.5. The number of anilines is 1. The first kappa shape index (κ1) is 20.7. The number of fused-ring (bicyclic) bond motifs is 1. The van der Waals surface area contributed by atoms with Gasteiger partial charge in [0.1, 0.15) is 0 Å². The van der Waals surface area contributed by atoms with Crippen molar-refractivity contribution in [2.45, 2.75) is 58.3 Å². The molecule has 1 fully saturated rings. The molecular formula is C25H28N2O2S. The highest BCUT2D eigenvalue weighted by Gasteiger charge is 2.37. The van der Waals surface area contributed by atoms with Crippen LogP contribution in [0.4, 0.5) is 10.5 Å². The van der Waals surface area contributed by atoms with E-state index in [1.807, 2.05) is 18.2 Å². The predicted octanol–water partition coefficient (Wildman–Crippen LogP) is 5.92. The first-order valence-corrected chi connectivity index (χ1v) is 11.1. The predicted molar refractivity (Wildman–Crippen MR) is 125 cm³/mol. The number of thioether (sulfide) groups is 1. The lowest BCUT2D eigenvalue weighted by Gasteiger charge is -2.42. The Morgan fingerprint density at radius 1 is 0.967 bits per heavy atom. The standard InChI is InChI=1S/C25H28N2O2S/c1-14-10-18-19(25(4,5)9-8-24(18,2)3)13-17(14)16-7-6-15(11-20(16)26)12-21-22(28)27-23(29)30-21/h6-7,10-13H,8-9,26H2,1-5H3,(H,27,28,29)/b21-12+. The Morgan fingerprint density at radius 3 is 2.17 bits per heavy atom. The lowest BCUT2D eigenvalue weighted by Crippen LogP contribution is -2.34. The van der Waals surface area contributed by atoms with Crippen molar-refractivity contribution >= 4 is 34.7 Å². The summed E-state index contributed by atoms with van der Waals surface area (Å²) in [6, 6.07) is 10.5. The topological polar surface area (TPSA) is 72.2 Å². The van der Waals surface area contributed by atoms with E-state index in [0.29, 0.717) is 10.6 Å². The summed E-state index contributed by atoms with van der Waals surface area (Å²) in [5.74, 6) is -0.358. The van der Waals surface area contributed by atoms with E-state index >= 15 is 0 Å². The van der Waals surface area contributed by atoms with Gasteiger partial charge in [0, 0.05) is 11.3 Å². The molecule has 2 amide bonds. The lowest BCUT2D eigenvalue weighted by molar-refractivity contribution is -0.115. The fourth-order valence-corrected chi connectivity index (χ4v) is 5.18. The maximum Gasteiger partial charge on any atom is 0.290 e. The van der Waals surface area contributed by atoms with E-state index in [-0.39, 0.29) is 22.0 Å². The number of carbonyl (C=O) groups excluding carboxylic acids is 2. The SMILES string of the molecule is Cc1cc2c(cc1-c1ccc(/C=C3/SC(=O)NC3=O)cc1N)C(C)(C)CCC2(C)C. The molecular weight excluding hydrogens is 392 g/mol. The van der Waals surface area contributed by atoms with E-state index in [4.69, 9.17) is 5.73 Å². The highest BCUT2D eigenvalue weighted by Crippen LogP contribution is 2.48. The number of carbonyl (C=O) groups is 2. The van der Waals surface area contributed by atoms with E-state index in [1.54, 1.807) is 6.08 Å². The Kier molecular flexibility index (Phi) is 4.85. The van der Waals surface area contributed by atoms with Crippen LogP contribution in [0.25, 0.3) is 17.2 Å². The zero-order chi connectivity index (χ0) is 21.8. The molecule has 1 saturated heterocycles. The summed E-state index contributed by atoms with van der Waals surface area (Å²) >= 11 is 0.913. The van der Waals surface area contributed by atoms with Gasteiger partial charge in [0.25, 0.3) is 11.1 Å². The van der Waals surface area contributed by atoms with Crippen molar-refractivity contribution in [1.82, 2.24) is 5.32 Å². The summed E-state index contributed by atoms with van der Waals surface area (Å²) in [7, 11) is 0. The summed E-state index contributed by atoms with van der Waals surface area (Å²) in [5, 5.41) is 1.93. The van der Waals surface area contributed by atoms with Gasteiger partial charge in [-0.05, 0) is 88.4 Å². The Balaban J connectivity index is 1.77. The Labute approximate surface area is 182 Å². The number of nitrogen functional groups attached to an aromatic ring is 1. The van der Waals surface area contributed by atoms with Gasteiger partial charge in [0.15, 0.2) is 0 Å². The van der Waals surface area contributed by atoms with Crippen molar-refractivity contribution in [1.29, 1.82) is 0 Å². The molecule has 1 aliphatic carbocycles. The molecule has 3 N–H and O–H groups in total. The molecule has 0 atom stereocenters. The molecule has 2 aliphatic rings. The second-order valence-electron chi connectivity index (χ2n) is 9.68. The van der Waals surface area contributed by atoms with Gasteiger partial charge in [0.2, 0.25) is 0 Å². The number of nitrogens with two attached hydrogens (primary N) is 1. The Hall–Kier alpha value is -2.53. The van der Waals surface area contributed by atoms with Crippen molar-refractivity contribution in [3.8, 4) is 11.1 Å². The average Bonchev–Trinajstić information content (AvgIpc) is 2.96. The lowest BCUT2D eigenvalue weighted by atomic mass is 9.62. The average molecular weight is 421 g/mol. The largest absolute Gasteiger partial charge is 0.398 e. The Morgan fingerprint density at radius 2 is 1.60 bits per heavy atom. The molecule has 0 aromatic heterocycles. The van der Waals surface area contributed by atoms with Crippen molar-refractivity contribution in [3.05, 3.63) is 57.5 Å². The third kappa shape index (κ3) is 3.56. The first-order valence-electron chi connectivity index (χ1n) is 10.3. The molecule has 0 unspecified atom stereocenters. The van der Waals surface area contributed by atoms with Crippen LogP contribution in [0.3, 0.4) is 0 Å². The van der Waals surface area contributed by atoms with E-state index in [1.165, 1.54) is 23.1 Å². The maximum absolute atomic E-state index is 11.8. The fraction of sp³-hybridized carbons (Fsp3) is 0.360. The highest BCUT2D eigenvalue weighted by atomic mass is 32.2.